The number of methoxy groups -OCH3 is 1. The molecule has 6 heteroatoms. The van der Waals surface area contributed by atoms with Crippen molar-refractivity contribution in [3.8, 4) is 11.4 Å². The highest BCUT2D eigenvalue weighted by Crippen LogP contribution is 2.24. The van der Waals surface area contributed by atoms with Crippen LogP contribution in [-0.4, -0.2) is 35.9 Å². The summed E-state index contributed by atoms with van der Waals surface area (Å²) in [6.45, 7) is 6.35. The fourth-order valence-electron chi connectivity index (χ4n) is 2.67. The van der Waals surface area contributed by atoms with E-state index in [4.69, 9.17) is 14.6 Å². The first kappa shape index (κ1) is 19.6. The van der Waals surface area contributed by atoms with Gasteiger partial charge in [-0.1, -0.05) is 37.2 Å². The van der Waals surface area contributed by atoms with E-state index in [2.05, 4.69) is 24.0 Å². The number of nitrogens with zero attached hydrogens (tertiary/aromatic N) is 3. The van der Waals surface area contributed by atoms with E-state index in [1.165, 1.54) is 14.2 Å². The minimum absolute atomic E-state index is 0.206. The molecule has 1 heterocycles. The lowest BCUT2D eigenvalue weighted by Crippen LogP contribution is -2.18. The molecule has 1 atom stereocenters. The summed E-state index contributed by atoms with van der Waals surface area (Å²) in [6.07, 6.45) is 3.19. The lowest BCUT2D eigenvalue weighted by atomic mass is 10.0. The van der Waals surface area contributed by atoms with Gasteiger partial charge >= 0.3 is 5.97 Å². The number of esters is 1. The predicted molar refractivity (Wildman–Crippen MR) is 101 cm³/mol. The maximum atomic E-state index is 11.8. The average Bonchev–Trinajstić information content (AvgIpc) is 2.67. The highest BCUT2D eigenvalue weighted by molar-refractivity contribution is 6.36. The van der Waals surface area contributed by atoms with Crippen molar-refractivity contribution in [1.82, 2.24) is 9.97 Å². The van der Waals surface area contributed by atoms with Crippen molar-refractivity contribution in [3.63, 3.8) is 0 Å². The second-order valence-corrected chi connectivity index (χ2v) is 6.16. The molecule has 26 heavy (non-hydrogen) atoms. The van der Waals surface area contributed by atoms with E-state index < -0.39 is 5.97 Å². The lowest BCUT2D eigenvalue weighted by Gasteiger charge is -2.13. The molecule has 0 saturated carbocycles. The van der Waals surface area contributed by atoms with Gasteiger partial charge in [0.25, 0.3) is 0 Å². The van der Waals surface area contributed by atoms with E-state index in [0.717, 1.165) is 28.8 Å². The van der Waals surface area contributed by atoms with Gasteiger partial charge in [0.05, 0.1) is 12.8 Å². The van der Waals surface area contributed by atoms with E-state index in [1.54, 1.807) is 0 Å². The number of rotatable bonds is 7. The predicted octanol–water partition coefficient (Wildman–Crippen LogP) is 3.68. The van der Waals surface area contributed by atoms with Gasteiger partial charge < -0.3 is 9.57 Å². The van der Waals surface area contributed by atoms with Gasteiger partial charge in [-0.2, -0.15) is 0 Å². The molecular formula is C20H25N3O3. The van der Waals surface area contributed by atoms with Crippen LogP contribution in [0.4, 0.5) is 0 Å². The first-order valence-corrected chi connectivity index (χ1v) is 8.61. The van der Waals surface area contributed by atoms with Crippen LogP contribution in [0.15, 0.2) is 35.6 Å². The Morgan fingerprint density at radius 3 is 2.73 bits per heavy atom. The van der Waals surface area contributed by atoms with Crippen LogP contribution in [0.5, 0.6) is 0 Å². The Morgan fingerprint density at radius 1 is 1.31 bits per heavy atom. The fraction of sp³-hybridized carbons (Fsp3) is 0.400. The van der Waals surface area contributed by atoms with Crippen molar-refractivity contribution in [3.05, 3.63) is 47.3 Å². The van der Waals surface area contributed by atoms with Gasteiger partial charge in [0.2, 0.25) is 0 Å². The Kier molecular flexibility index (Phi) is 6.83. The van der Waals surface area contributed by atoms with Crippen LogP contribution in [0.25, 0.3) is 11.4 Å². The van der Waals surface area contributed by atoms with E-state index in [-0.39, 0.29) is 5.71 Å². The topological polar surface area (TPSA) is 73.7 Å². The van der Waals surface area contributed by atoms with Crippen molar-refractivity contribution < 1.29 is 14.4 Å². The standard InChI is InChI=1S/C20H25N3O3/c1-6-13(2)18-14(3)12-21-19(22-18)16-9-7-8-15(10-16)11-17(23-26-5)20(24)25-4/h7-10,12-13H,6,11H2,1-5H3/b23-17-. The molecule has 1 unspecified atom stereocenters. The molecule has 0 N–H and O–H groups in total. The summed E-state index contributed by atoms with van der Waals surface area (Å²) in [5.41, 5.74) is 4.17. The van der Waals surface area contributed by atoms with Crippen LogP contribution < -0.4 is 0 Å². The van der Waals surface area contributed by atoms with Crippen molar-refractivity contribution in [2.24, 2.45) is 5.16 Å². The lowest BCUT2D eigenvalue weighted by molar-refractivity contribution is -0.133. The van der Waals surface area contributed by atoms with E-state index >= 15 is 0 Å². The van der Waals surface area contributed by atoms with E-state index in [0.29, 0.717) is 18.2 Å². The molecule has 0 fully saturated rings. The molecule has 2 aromatic rings. The average molecular weight is 355 g/mol. The van der Waals surface area contributed by atoms with Gasteiger partial charge in [0.15, 0.2) is 11.5 Å². The molecule has 1 aromatic heterocycles. The van der Waals surface area contributed by atoms with Crippen molar-refractivity contribution in [2.45, 2.75) is 39.5 Å². The molecular weight excluding hydrogens is 330 g/mol. The van der Waals surface area contributed by atoms with Crippen molar-refractivity contribution in [2.75, 3.05) is 14.2 Å². The van der Waals surface area contributed by atoms with Gasteiger partial charge in [0, 0.05) is 18.2 Å². The van der Waals surface area contributed by atoms with Crippen molar-refractivity contribution >= 4 is 11.7 Å². The van der Waals surface area contributed by atoms with Crippen LogP contribution in [0.1, 0.15) is 43.0 Å². The summed E-state index contributed by atoms with van der Waals surface area (Å²) >= 11 is 0. The smallest absolute Gasteiger partial charge is 0.356 e. The zero-order valence-electron chi connectivity index (χ0n) is 15.9. The molecule has 0 aliphatic heterocycles. The number of aromatic nitrogens is 2. The monoisotopic (exact) mass is 355 g/mol. The molecule has 0 spiro atoms. The zero-order valence-corrected chi connectivity index (χ0v) is 15.9. The summed E-state index contributed by atoms with van der Waals surface area (Å²) in [4.78, 5) is 25.8. The molecule has 2 rings (SSSR count). The number of ether oxygens (including phenoxy) is 1. The summed E-state index contributed by atoms with van der Waals surface area (Å²) in [5.74, 6) is 0.540. The normalized spacial score (nSPS) is 12.6. The van der Waals surface area contributed by atoms with Gasteiger partial charge in [-0.25, -0.2) is 14.8 Å². The first-order chi connectivity index (χ1) is 12.5. The van der Waals surface area contributed by atoms with Crippen LogP contribution in [0.2, 0.25) is 0 Å². The number of benzene rings is 1. The Hall–Kier alpha value is -2.76. The van der Waals surface area contributed by atoms with Gasteiger partial charge in [0.1, 0.15) is 7.11 Å². The number of oxime groups is 1. The summed E-state index contributed by atoms with van der Waals surface area (Å²) in [7, 11) is 2.72. The fourth-order valence-corrected chi connectivity index (χ4v) is 2.67. The maximum absolute atomic E-state index is 11.8. The highest BCUT2D eigenvalue weighted by atomic mass is 16.6. The quantitative estimate of drug-likeness (QED) is 0.430. The third kappa shape index (κ3) is 4.65. The molecule has 0 amide bonds. The minimum atomic E-state index is -0.511. The number of aryl methyl sites for hydroxylation is 1. The minimum Gasteiger partial charge on any atom is -0.464 e. The summed E-state index contributed by atoms with van der Waals surface area (Å²) < 4.78 is 4.75. The van der Waals surface area contributed by atoms with Gasteiger partial charge in [-0.15, -0.1) is 0 Å². The number of hydrogen-bond donors (Lipinski definition) is 0. The molecule has 0 radical (unpaired) electrons. The SMILES string of the molecule is CCC(C)c1nc(-c2cccc(C/C(=N/OC)C(=O)OC)c2)ncc1C. The number of carbonyl (C=O) groups is 1. The Balaban J connectivity index is 2.35. The maximum Gasteiger partial charge on any atom is 0.356 e. The van der Waals surface area contributed by atoms with Crippen LogP contribution in [-0.2, 0) is 20.8 Å². The third-order valence-electron chi connectivity index (χ3n) is 4.27. The van der Waals surface area contributed by atoms with Crippen LogP contribution >= 0.6 is 0 Å². The number of hydrogen-bond acceptors (Lipinski definition) is 6. The molecule has 0 aliphatic carbocycles. The molecule has 1 aromatic carbocycles. The Labute approximate surface area is 154 Å². The van der Waals surface area contributed by atoms with Crippen LogP contribution in [0, 0.1) is 6.92 Å². The third-order valence-corrected chi connectivity index (χ3v) is 4.27. The Morgan fingerprint density at radius 2 is 2.08 bits per heavy atom. The van der Waals surface area contributed by atoms with Crippen LogP contribution in [0.3, 0.4) is 0 Å². The molecule has 6 nitrogen and oxygen atoms in total. The second-order valence-electron chi connectivity index (χ2n) is 6.16. The summed E-state index contributed by atoms with van der Waals surface area (Å²) in [6, 6.07) is 7.75. The molecule has 138 valence electrons. The first-order valence-electron chi connectivity index (χ1n) is 8.61. The molecule has 0 saturated heterocycles. The van der Waals surface area contributed by atoms with Crippen molar-refractivity contribution in [1.29, 1.82) is 0 Å². The van der Waals surface area contributed by atoms with E-state index in [9.17, 15) is 4.79 Å². The summed E-state index contributed by atoms with van der Waals surface area (Å²) in [5, 5.41) is 3.76. The molecule has 0 aliphatic rings. The Bertz CT molecular complexity index is 803. The largest absolute Gasteiger partial charge is 0.464 e. The van der Waals surface area contributed by atoms with Gasteiger partial charge in [-0.3, -0.25) is 0 Å². The van der Waals surface area contributed by atoms with E-state index in [1.807, 2.05) is 37.4 Å². The molecule has 0 bridgehead atoms. The number of carbonyl (C=O) groups excluding carboxylic acids is 1. The second kappa shape index (κ2) is 9.08. The zero-order chi connectivity index (χ0) is 19.1. The van der Waals surface area contributed by atoms with Gasteiger partial charge in [-0.05, 0) is 36.5 Å². The highest BCUT2D eigenvalue weighted by Gasteiger charge is 2.15.